The molecule has 0 unspecified atom stereocenters. The van der Waals surface area contributed by atoms with Gasteiger partial charge in [-0.15, -0.1) is 0 Å². The van der Waals surface area contributed by atoms with Crippen LogP contribution in [0.5, 0.6) is 0 Å². The van der Waals surface area contributed by atoms with Crippen LogP contribution in [-0.2, 0) is 10.0 Å². The third-order valence-electron chi connectivity index (χ3n) is 2.99. The van der Waals surface area contributed by atoms with Crippen molar-refractivity contribution in [2.45, 2.75) is 11.8 Å². The lowest BCUT2D eigenvalue weighted by molar-refractivity contribution is -0.387. The summed E-state index contributed by atoms with van der Waals surface area (Å²) in [6.07, 6.45) is 0. The van der Waals surface area contributed by atoms with Crippen LogP contribution in [-0.4, -0.2) is 13.3 Å². The summed E-state index contributed by atoms with van der Waals surface area (Å²) in [7, 11) is -4.22. The number of anilines is 2. The molecule has 122 valence electrons. The molecule has 0 amide bonds. The normalized spacial score (nSPS) is 11.3. The van der Waals surface area contributed by atoms with Crippen LogP contribution in [0, 0.1) is 17.0 Å². The molecule has 2 aromatic rings. The summed E-state index contributed by atoms with van der Waals surface area (Å²) in [5, 5.41) is 11.2. The average Bonchev–Trinajstić information content (AvgIpc) is 2.43. The van der Waals surface area contributed by atoms with E-state index in [4.69, 9.17) is 28.9 Å². The number of benzene rings is 2. The second kappa shape index (κ2) is 6.23. The zero-order valence-corrected chi connectivity index (χ0v) is 14.0. The standard InChI is InChI=1S/C13H11Cl2N3O4S/c1-7-3-2-4-11(18(19)20)13(7)23(21,22)17-8-5-9(14)12(16)10(15)6-8/h2-6,17H,16H2,1H3. The summed E-state index contributed by atoms with van der Waals surface area (Å²) in [6, 6.07) is 6.52. The van der Waals surface area contributed by atoms with Gasteiger partial charge in [-0.2, -0.15) is 0 Å². The Morgan fingerprint density at radius 2 is 1.78 bits per heavy atom. The molecular formula is C13H11Cl2N3O4S. The zero-order chi connectivity index (χ0) is 17.4. The molecule has 0 aliphatic carbocycles. The molecule has 0 fully saturated rings. The molecule has 0 heterocycles. The van der Waals surface area contributed by atoms with Crippen molar-refractivity contribution in [3.05, 3.63) is 56.1 Å². The van der Waals surface area contributed by atoms with Crippen molar-refractivity contribution >= 4 is 50.3 Å². The number of halogens is 2. The lowest BCUT2D eigenvalue weighted by Gasteiger charge is -2.12. The number of hydrogen-bond donors (Lipinski definition) is 2. The highest BCUT2D eigenvalue weighted by Gasteiger charge is 2.28. The molecule has 3 N–H and O–H groups in total. The number of rotatable bonds is 4. The number of sulfonamides is 1. The topological polar surface area (TPSA) is 115 Å². The molecule has 2 rings (SSSR count). The van der Waals surface area contributed by atoms with Crippen molar-refractivity contribution < 1.29 is 13.3 Å². The highest BCUT2D eigenvalue weighted by molar-refractivity contribution is 7.93. The van der Waals surface area contributed by atoms with Gasteiger partial charge in [0.1, 0.15) is 0 Å². The van der Waals surface area contributed by atoms with Crippen LogP contribution in [0.4, 0.5) is 17.1 Å². The molecule has 0 aromatic heterocycles. The second-order valence-corrected chi connectivity index (χ2v) is 7.07. The molecule has 7 nitrogen and oxygen atoms in total. The smallest absolute Gasteiger partial charge is 0.290 e. The minimum Gasteiger partial charge on any atom is -0.396 e. The van der Waals surface area contributed by atoms with Crippen molar-refractivity contribution in [3.8, 4) is 0 Å². The quantitative estimate of drug-likeness (QED) is 0.481. The van der Waals surface area contributed by atoms with E-state index in [1.165, 1.54) is 31.2 Å². The SMILES string of the molecule is Cc1cccc([N+](=O)[O-])c1S(=O)(=O)Nc1cc(Cl)c(N)c(Cl)c1. The van der Waals surface area contributed by atoms with Crippen molar-refractivity contribution in [1.82, 2.24) is 0 Å². The summed E-state index contributed by atoms with van der Waals surface area (Å²) in [4.78, 5) is 9.90. The van der Waals surface area contributed by atoms with E-state index >= 15 is 0 Å². The number of nitrogen functional groups attached to an aromatic ring is 1. The Balaban J connectivity index is 2.55. The van der Waals surface area contributed by atoms with Crippen LogP contribution in [0.25, 0.3) is 0 Å². The maximum absolute atomic E-state index is 12.5. The molecule has 0 saturated carbocycles. The van der Waals surface area contributed by atoms with Crippen LogP contribution in [0.3, 0.4) is 0 Å². The van der Waals surface area contributed by atoms with Crippen LogP contribution < -0.4 is 10.5 Å². The van der Waals surface area contributed by atoms with Crippen LogP contribution in [0.15, 0.2) is 35.2 Å². The fraction of sp³-hybridized carbons (Fsp3) is 0.0769. The Kier molecular flexibility index (Phi) is 4.69. The van der Waals surface area contributed by atoms with Gasteiger partial charge in [0.25, 0.3) is 15.7 Å². The largest absolute Gasteiger partial charge is 0.396 e. The van der Waals surface area contributed by atoms with Gasteiger partial charge in [0.15, 0.2) is 4.90 Å². The first kappa shape index (κ1) is 17.3. The van der Waals surface area contributed by atoms with E-state index in [0.29, 0.717) is 0 Å². The maximum atomic E-state index is 12.5. The van der Waals surface area contributed by atoms with Gasteiger partial charge in [0.2, 0.25) is 0 Å². The first-order valence-corrected chi connectivity index (χ1v) is 8.38. The third kappa shape index (κ3) is 3.49. The molecule has 0 bridgehead atoms. The Morgan fingerprint density at radius 3 is 2.30 bits per heavy atom. The number of nitro groups is 1. The summed E-state index contributed by atoms with van der Waals surface area (Å²) >= 11 is 11.7. The van der Waals surface area contributed by atoms with Gasteiger partial charge in [-0.05, 0) is 24.6 Å². The molecular weight excluding hydrogens is 365 g/mol. The summed E-state index contributed by atoms with van der Waals surface area (Å²) in [6.45, 7) is 1.46. The molecule has 0 aliphatic heterocycles. The van der Waals surface area contributed by atoms with E-state index < -0.39 is 25.5 Å². The van der Waals surface area contributed by atoms with E-state index in [1.807, 2.05) is 0 Å². The first-order valence-electron chi connectivity index (χ1n) is 6.15. The predicted octanol–water partition coefficient (Wildman–Crippen LogP) is 3.59. The van der Waals surface area contributed by atoms with Gasteiger partial charge in [-0.25, -0.2) is 8.42 Å². The minimum absolute atomic E-state index is 0.0479. The summed E-state index contributed by atoms with van der Waals surface area (Å²) in [5.41, 5.74) is 5.45. The van der Waals surface area contributed by atoms with E-state index in [9.17, 15) is 18.5 Å². The van der Waals surface area contributed by atoms with Gasteiger partial charge in [-0.1, -0.05) is 35.3 Å². The zero-order valence-electron chi connectivity index (χ0n) is 11.7. The lowest BCUT2D eigenvalue weighted by atomic mass is 10.2. The number of nitrogens with one attached hydrogen (secondary N) is 1. The Bertz CT molecular complexity index is 877. The number of nitrogens with two attached hydrogens (primary N) is 1. The average molecular weight is 376 g/mol. The van der Waals surface area contributed by atoms with Gasteiger partial charge in [0.05, 0.1) is 26.3 Å². The molecule has 2 aromatic carbocycles. The third-order valence-corrected chi connectivity index (χ3v) is 5.19. The molecule has 23 heavy (non-hydrogen) atoms. The number of nitrogens with zero attached hydrogens (tertiary/aromatic N) is 1. The number of nitro benzene ring substituents is 1. The highest BCUT2D eigenvalue weighted by Crippen LogP contribution is 2.33. The second-order valence-electron chi connectivity index (χ2n) is 4.64. The summed E-state index contributed by atoms with van der Waals surface area (Å²) < 4.78 is 27.3. The van der Waals surface area contributed by atoms with Crippen LogP contribution in [0.2, 0.25) is 10.0 Å². The fourth-order valence-electron chi connectivity index (χ4n) is 1.98. The molecule has 0 aliphatic rings. The van der Waals surface area contributed by atoms with Crippen LogP contribution in [0.1, 0.15) is 5.56 Å². The molecule has 0 saturated heterocycles. The fourth-order valence-corrected chi connectivity index (χ4v) is 3.91. The Hall–Kier alpha value is -2.03. The molecule has 0 radical (unpaired) electrons. The van der Waals surface area contributed by atoms with Gasteiger partial charge < -0.3 is 5.73 Å². The van der Waals surface area contributed by atoms with E-state index in [0.717, 1.165) is 6.07 Å². The van der Waals surface area contributed by atoms with Crippen molar-refractivity contribution in [1.29, 1.82) is 0 Å². The first-order chi connectivity index (χ1) is 10.6. The minimum atomic E-state index is -4.22. The summed E-state index contributed by atoms with van der Waals surface area (Å²) in [5.74, 6) is 0. The maximum Gasteiger partial charge on any atom is 0.290 e. The Labute approximate surface area is 142 Å². The lowest BCUT2D eigenvalue weighted by Crippen LogP contribution is -2.16. The molecule has 10 heteroatoms. The van der Waals surface area contributed by atoms with Gasteiger partial charge in [-0.3, -0.25) is 14.8 Å². The Morgan fingerprint density at radius 1 is 1.22 bits per heavy atom. The van der Waals surface area contributed by atoms with Crippen molar-refractivity contribution in [2.75, 3.05) is 10.5 Å². The molecule has 0 spiro atoms. The van der Waals surface area contributed by atoms with Crippen LogP contribution >= 0.6 is 23.2 Å². The van der Waals surface area contributed by atoms with E-state index in [1.54, 1.807) is 0 Å². The van der Waals surface area contributed by atoms with Gasteiger partial charge >= 0.3 is 0 Å². The van der Waals surface area contributed by atoms with E-state index in [2.05, 4.69) is 4.72 Å². The van der Waals surface area contributed by atoms with Crippen molar-refractivity contribution in [3.63, 3.8) is 0 Å². The highest BCUT2D eigenvalue weighted by atomic mass is 35.5. The van der Waals surface area contributed by atoms with E-state index in [-0.39, 0.29) is 27.0 Å². The molecule has 0 atom stereocenters. The van der Waals surface area contributed by atoms with Gasteiger partial charge in [0, 0.05) is 6.07 Å². The monoisotopic (exact) mass is 375 g/mol. The predicted molar refractivity (Wildman–Crippen MR) is 89.5 cm³/mol. The van der Waals surface area contributed by atoms with Crippen molar-refractivity contribution in [2.24, 2.45) is 0 Å². The number of aryl methyl sites for hydroxylation is 1. The number of hydrogen-bond acceptors (Lipinski definition) is 5.